The van der Waals surface area contributed by atoms with Crippen LogP contribution in [0.1, 0.15) is 5.56 Å². The second kappa shape index (κ2) is 6.07. The molecule has 0 unspecified atom stereocenters. The molecule has 1 rings (SSSR count). The van der Waals surface area contributed by atoms with E-state index in [1.165, 1.54) is 25.3 Å². The quantitative estimate of drug-likeness (QED) is 0.843. The van der Waals surface area contributed by atoms with E-state index in [2.05, 4.69) is 4.74 Å². The molecule has 0 atom stereocenters. The second-order valence-electron chi connectivity index (χ2n) is 2.87. The fraction of sp³-hybridized carbons (Fsp3) is 0.273. The molecule has 0 aliphatic heterocycles. The summed E-state index contributed by atoms with van der Waals surface area (Å²) in [6.07, 6.45) is 3.09. The number of benzene rings is 1. The SMILES string of the molecule is COc1ccc(C=CCO)cc1OC(F)F. The van der Waals surface area contributed by atoms with Crippen molar-refractivity contribution < 1.29 is 23.4 Å². The molecule has 0 aliphatic rings. The van der Waals surface area contributed by atoms with Crippen molar-refractivity contribution in [3.63, 3.8) is 0 Å². The first-order valence-electron chi connectivity index (χ1n) is 4.57. The van der Waals surface area contributed by atoms with Crippen molar-refractivity contribution in [1.29, 1.82) is 0 Å². The third-order valence-electron chi connectivity index (χ3n) is 1.82. The van der Waals surface area contributed by atoms with Crippen LogP contribution in [-0.2, 0) is 0 Å². The van der Waals surface area contributed by atoms with E-state index >= 15 is 0 Å². The van der Waals surface area contributed by atoms with Gasteiger partial charge in [-0.05, 0) is 17.7 Å². The van der Waals surface area contributed by atoms with Gasteiger partial charge in [0.15, 0.2) is 11.5 Å². The zero-order chi connectivity index (χ0) is 12.0. The summed E-state index contributed by atoms with van der Waals surface area (Å²) in [4.78, 5) is 0. The molecule has 5 heteroatoms. The molecular formula is C11H12F2O3. The average Bonchev–Trinajstić information content (AvgIpc) is 2.26. The molecule has 88 valence electrons. The van der Waals surface area contributed by atoms with Gasteiger partial charge in [0.2, 0.25) is 0 Å². The Morgan fingerprint density at radius 3 is 2.69 bits per heavy atom. The van der Waals surface area contributed by atoms with Crippen LogP contribution in [0.4, 0.5) is 8.78 Å². The van der Waals surface area contributed by atoms with Crippen molar-refractivity contribution in [2.75, 3.05) is 13.7 Å². The van der Waals surface area contributed by atoms with Crippen LogP contribution in [0.2, 0.25) is 0 Å². The lowest BCUT2D eigenvalue weighted by molar-refractivity contribution is -0.0512. The van der Waals surface area contributed by atoms with Crippen LogP contribution in [0.3, 0.4) is 0 Å². The molecule has 0 amide bonds. The molecule has 0 heterocycles. The van der Waals surface area contributed by atoms with E-state index in [1.807, 2.05) is 0 Å². The minimum atomic E-state index is -2.90. The number of alkyl halides is 2. The summed E-state index contributed by atoms with van der Waals surface area (Å²) in [5.41, 5.74) is 0.644. The fourth-order valence-corrected chi connectivity index (χ4v) is 1.17. The monoisotopic (exact) mass is 230 g/mol. The average molecular weight is 230 g/mol. The van der Waals surface area contributed by atoms with Crippen LogP contribution in [0, 0.1) is 0 Å². The summed E-state index contributed by atoms with van der Waals surface area (Å²) in [7, 11) is 1.37. The van der Waals surface area contributed by atoms with Gasteiger partial charge in [-0.2, -0.15) is 8.78 Å². The number of halogens is 2. The largest absolute Gasteiger partial charge is 0.493 e. The van der Waals surface area contributed by atoms with E-state index in [-0.39, 0.29) is 18.1 Å². The van der Waals surface area contributed by atoms with Crippen LogP contribution in [0.15, 0.2) is 24.3 Å². The van der Waals surface area contributed by atoms with Crippen molar-refractivity contribution >= 4 is 6.08 Å². The first kappa shape index (κ1) is 12.4. The summed E-state index contributed by atoms with van der Waals surface area (Å²) >= 11 is 0. The lowest BCUT2D eigenvalue weighted by Gasteiger charge is -2.10. The lowest BCUT2D eigenvalue weighted by atomic mass is 10.2. The van der Waals surface area contributed by atoms with E-state index in [9.17, 15) is 8.78 Å². The smallest absolute Gasteiger partial charge is 0.387 e. The Bertz CT molecular complexity index is 364. The van der Waals surface area contributed by atoms with Gasteiger partial charge in [-0.3, -0.25) is 0 Å². The van der Waals surface area contributed by atoms with Gasteiger partial charge in [0.25, 0.3) is 0 Å². The third-order valence-corrected chi connectivity index (χ3v) is 1.82. The van der Waals surface area contributed by atoms with E-state index in [0.29, 0.717) is 5.56 Å². The maximum absolute atomic E-state index is 12.1. The molecule has 1 aromatic rings. The van der Waals surface area contributed by atoms with E-state index in [0.717, 1.165) is 0 Å². The highest BCUT2D eigenvalue weighted by molar-refractivity contribution is 5.55. The van der Waals surface area contributed by atoms with Crippen molar-refractivity contribution in [2.24, 2.45) is 0 Å². The Balaban J connectivity index is 2.96. The Morgan fingerprint density at radius 1 is 1.38 bits per heavy atom. The highest BCUT2D eigenvalue weighted by Crippen LogP contribution is 2.29. The molecule has 0 saturated carbocycles. The van der Waals surface area contributed by atoms with Crippen molar-refractivity contribution in [3.05, 3.63) is 29.8 Å². The summed E-state index contributed by atoms with van der Waals surface area (Å²) in [5, 5.41) is 8.58. The van der Waals surface area contributed by atoms with Gasteiger partial charge in [0.05, 0.1) is 13.7 Å². The Labute approximate surface area is 91.9 Å². The zero-order valence-corrected chi connectivity index (χ0v) is 8.69. The topological polar surface area (TPSA) is 38.7 Å². The van der Waals surface area contributed by atoms with Crippen LogP contribution in [-0.4, -0.2) is 25.4 Å². The molecule has 3 nitrogen and oxygen atoms in total. The summed E-state index contributed by atoms with van der Waals surface area (Å²) in [6.45, 7) is -3.01. The van der Waals surface area contributed by atoms with Crippen molar-refractivity contribution in [1.82, 2.24) is 0 Å². The van der Waals surface area contributed by atoms with Gasteiger partial charge in [0, 0.05) is 0 Å². The minimum Gasteiger partial charge on any atom is -0.493 e. The van der Waals surface area contributed by atoms with Gasteiger partial charge < -0.3 is 14.6 Å². The van der Waals surface area contributed by atoms with Gasteiger partial charge in [-0.25, -0.2) is 0 Å². The highest BCUT2D eigenvalue weighted by Gasteiger charge is 2.10. The Hall–Kier alpha value is -1.62. The zero-order valence-electron chi connectivity index (χ0n) is 8.69. The van der Waals surface area contributed by atoms with Gasteiger partial charge >= 0.3 is 6.61 Å². The van der Waals surface area contributed by atoms with Crippen molar-refractivity contribution in [3.8, 4) is 11.5 Å². The molecule has 0 aromatic heterocycles. The number of hydrogen-bond donors (Lipinski definition) is 1. The van der Waals surface area contributed by atoms with Crippen molar-refractivity contribution in [2.45, 2.75) is 6.61 Å². The number of ether oxygens (including phenoxy) is 2. The first-order chi connectivity index (χ1) is 7.67. The number of rotatable bonds is 5. The molecule has 1 N–H and O–H groups in total. The predicted octanol–water partition coefficient (Wildman–Crippen LogP) is 2.30. The molecule has 0 bridgehead atoms. The second-order valence-corrected chi connectivity index (χ2v) is 2.87. The molecule has 0 fully saturated rings. The third kappa shape index (κ3) is 3.51. The molecule has 16 heavy (non-hydrogen) atoms. The van der Waals surface area contributed by atoms with E-state index in [1.54, 1.807) is 12.1 Å². The summed E-state index contributed by atoms with van der Waals surface area (Å²) in [5.74, 6) is 0.207. The molecular weight excluding hydrogens is 218 g/mol. The molecule has 0 aliphatic carbocycles. The lowest BCUT2D eigenvalue weighted by Crippen LogP contribution is -2.03. The van der Waals surface area contributed by atoms with Gasteiger partial charge in [-0.15, -0.1) is 0 Å². The van der Waals surface area contributed by atoms with E-state index < -0.39 is 6.61 Å². The normalized spacial score (nSPS) is 11.1. The molecule has 1 aromatic carbocycles. The highest BCUT2D eigenvalue weighted by atomic mass is 19.3. The summed E-state index contributed by atoms with van der Waals surface area (Å²) in [6, 6.07) is 4.61. The maximum atomic E-state index is 12.1. The summed E-state index contributed by atoms with van der Waals surface area (Å²) < 4.78 is 33.3. The molecule has 0 radical (unpaired) electrons. The van der Waals surface area contributed by atoms with Gasteiger partial charge in [-0.1, -0.05) is 18.2 Å². The van der Waals surface area contributed by atoms with Crippen LogP contribution in [0.5, 0.6) is 11.5 Å². The first-order valence-corrected chi connectivity index (χ1v) is 4.57. The Kier molecular flexibility index (Phi) is 4.72. The minimum absolute atomic E-state index is 0.0300. The maximum Gasteiger partial charge on any atom is 0.387 e. The van der Waals surface area contributed by atoms with Gasteiger partial charge in [0.1, 0.15) is 0 Å². The number of hydrogen-bond acceptors (Lipinski definition) is 3. The number of aliphatic hydroxyl groups is 1. The molecule has 0 saturated heterocycles. The number of aliphatic hydroxyl groups excluding tert-OH is 1. The Morgan fingerprint density at radius 2 is 2.12 bits per heavy atom. The van der Waals surface area contributed by atoms with Crippen LogP contribution >= 0.6 is 0 Å². The predicted molar refractivity (Wildman–Crippen MR) is 55.7 cm³/mol. The van der Waals surface area contributed by atoms with Crippen LogP contribution in [0.25, 0.3) is 6.08 Å². The molecule has 0 spiro atoms. The standard InChI is InChI=1S/C11H12F2O3/c1-15-9-5-4-8(3-2-6-14)7-10(9)16-11(12)13/h2-5,7,11,14H,6H2,1H3. The fourth-order valence-electron chi connectivity index (χ4n) is 1.17. The number of methoxy groups -OCH3 is 1. The van der Waals surface area contributed by atoms with Crippen LogP contribution < -0.4 is 9.47 Å². The van der Waals surface area contributed by atoms with E-state index in [4.69, 9.17) is 9.84 Å².